The highest BCUT2D eigenvalue weighted by Gasteiger charge is 2.11. The maximum Gasteiger partial charge on any atom is 0.316 e. The molecule has 1 heterocycles. The standard InChI is InChI=1S/C18H17N3O3/c19-18(23)21-15-5-3-14(4-6-15)20-17(22)8-2-12-1-7-16-13(11-12)9-10-24-16/h1-8,11H,9-10H2,(H,20,22)(H3,19,21,23)/b8-2+. The third kappa shape index (κ3) is 3.92. The number of nitrogens with one attached hydrogen (secondary N) is 2. The summed E-state index contributed by atoms with van der Waals surface area (Å²) in [5.74, 6) is 0.684. The quantitative estimate of drug-likeness (QED) is 0.755. The molecule has 0 spiro atoms. The van der Waals surface area contributed by atoms with Crippen LogP contribution in [-0.4, -0.2) is 18.5 Å². The van der Waals surface area contributed by atoms with E-state index in [2.05, 4.69) is 10.6 Å². The number of carbonyl (C=O) groups excluding carboxylic acids is 2. The van der Waals surface area contributed by atoms with E-state index in [1.54, 1.807) is 30.3 Å². The number of anilines is 2. The highest BCUT2D eigenvalue weighted by molar-refractivity contribution is 6.02. The second-order valence-electron chi connectivity index (χ2n) is 5.35. The van der Waals surface area contributed by atoms with Crippen LogP contribution < -0.4 is 21.1 Å². The first kappa shape index (κ1) is 15.6. The fourth-order valence-corrected chi connectivity index (χ4v) is 2.45. The number of carbonyl (C=O) groups is 2. The second-order valence-corrected chi connectivity index (χ2v) is 5.35. The normalized spacial score (nSPS) is 12.5. The molecule has 0 fully saturated rings. The minimum absolute atomic E-state index is 0.234. The molecule has 0 bridgehead atoms. The van der Waals surface area contributed by atoms with Gasteiger partial charge in [0.05, 0.1) is 6.61 Å². The summed E-state index contributed by atoms with van der Waals surface area (Å²) < 4.78 is 5.45. The average molecular weight is 323 g/mol. The van der Waals surface area contributed by atoms with E-state index in [0.717, 1.165) is 23.3 Å². The first-order valence-electron chi connectivity index (χ1n) is 7.51. The molecule has 1 aliphatic heterocycles. The van der Waals surface area contributed by atoms with E-state index in [1.165, 1.54) is 6.08 Å². The van der Waals surface area contributed by atoms with E-state index in [0.29, 0.717) is 18.0 Å². The van der Waals surface area contributed by atoms with E-state index in [9.17, 15) is 9.59 Å². The summed E-state index contributed by atoms with van der Waals surface area (Å²) in [4.78, 5) is 22.7. The van der Waals surface area contributed by atoms with E-state index in [1.807, 2.05) is 18.2 Å². The monoisotopic (exact) mass is 323 g/mol. The molecule has 1 aliphatic rings. The van der Waals surface area contributed by atoms with Crippen LogP contribution >= 0.6 is 0 Å². The van der Waals surface area contributed by atoms with Crippen LogP contribution in [0.3, 0.4) is 0 Å². The molecule has 4 N–H and O–H groups in total. The van der Waals surface area contributed by atoms with Crippen LogP contribution in [0.15, 0.2) is 48.5 Å². The van der Waals surface area contributed by atoms with Crippen molar-refractivity contribution in [1.82, 2.24) is 0 Å². The molecule has 3 amide bonds. The lowest BCUT2D eigenvalue weighted by Gasteiger charge is -2.05. The number of amides is 3. The maximum absolute atomic E-state index is 12.0. The predicted molar refractivity (Wildman–Crippen MR) is 93.0 cm³/mol. The Morgan fingerprint density at radius 3 is 2.46 bits per heavy atom. The minimum Gasteiger partial charge on any atom is -0.493 e. The molecular weight excluding hydrogens is 306 g/mol. The average Bonchev–Trinajstić information content (AvgIpc) is 3.02. The fraction of sp³-hybridized carbons (Fsp3) is 0.111. The summed E-state index contributed by atoms with van der Waals surface area (Å²) in [5.41, 5.74) is 8.34. The lowest BCUT2D eigenvalue weighted by atomic mass is 10.1. The van der Waals surface area contributed by atoms with Crippen molar-refractivity contribution in [2.45, 2.75) is 6.42 Å². The largest absolute Gasteiger partial charge is 0.493 e. The van der Waals surface area contributed by atoms with Crippen molar-refractivity contribution in [2.24, 2.45) is 5.73 Å². The molecule has 0 saturated carbocycles. The summed E-state index contributed by atoms with van der Waals surface area (Å²) in [6.07, 6.45) is 4.14. The Balaban J connectivity index is 1.59. The highest BCUT2D eigenvalue weighted by atomic mass is 16.5. The van der Waals surface area contributed by atoms with Gasteiger partial charge in [0.25, 0.3) is 0 Å². The Hall–Kier alpha value is -3.28. The second kappa shape index (κ2) is 6.87. The number of hydrogen-bond acceptors (Lipinski definition) is 3. The molecule has 0 saturated heterocycles. The SMILES string of the molecule is NC(=O)Nc1ccc(NC(=O)/C=C/c2ccc3c(c2)CCO3)cc1. The Labute approximate surface area is 139 Å². The molecule has 2 aromatic carbocycles. The molecule has 2 aromatic rings. The molecule has 0 radical (unpaired) electrons. The van der Waals surface area contributed by atoms with E-state index in [4.69, 9.17) is 10.5 Å². The molecule has 122 valence electrons. The third-order valence-corrected chi connectivity index (χ3v) is 3.56. The lowest BCUT2D eigenvalue weighted by Crippen LogP contribution is -2.19. The summed E-state index contributed by atoms with van der Waals surface area (Å²) in [6.45, 7) is 0.712. The van der Waals surface area contributed by atoms with Gasteiger partial charge in [0.1, 0.15) is 5.75 Å². The zero-order valence-electron chi connectivity index (χ0n) is 12.9. The first-order valence-corrected chi connectivity index (χ1v) is 7.51. The van der Waals surface area contributed by atoms with Crippen LogP contribution in [0.1, 0.15) is 11.1 Å². The summed E-state index contributed by atoms with van der Waals surface area (Å²) in [5, 5.41) is 5.20. The fourth-order valence-electron chi connectivity index (χ4n) is 2.45. The van der Waals surface area contributed by atoms with Crippen molar-refractivity contribution >= 4 is 29.4 Å². The van der Waals surface area contributed by atoms with Crippen molar-refractivity contribution < 1.29 is 14.3 Å². The Morgan fingerprint density at radius 2 is 1.75 bits per heavy atom. The van der Waals surface area contributed by atoms with Crippen molar-refractivity contribution in [1.29, 1.82) is 0 Å². The van der Waals surface area contributed by atoms with Crippen LogP contribution in [0.5, 0.6) is 5.75 Å². The Bertz CT molecular complexity index is 798. The van der Waals surface area contributed by atoms with Crippen molar-refractivity contribution in [2.75, 3.05) is 17.2 Å². The summed E-state index contributed by atoms with van der Waals surface area (Å²) in [7, 11) is 0. The Morgan fingerprint density at radius 1 is 1.04 bits per heavy atom. The van der Waals surface area contributed by atoms with Gasteiger partial charge in [-0.15, -0.1) is 0 Å². The predicted octanol–water partition coefficient (Wildman–Crippen LogP) is 2.76. The van der Waals surface area contributed by atoms with Gasteiger partial charge in [-0.25, -0.2) is 4.79 Å². The minimum atomic E-state index is -0.630. The number of hydrogen-bond donors (Lipinski definition) is 3. The number of urea groups is 1. The molecule has 0 atom stereocenters. The number of primary amides is 1. The van der Waals surface area contributed by atoms with Crippen LogP contribution in [0, 0.1) is 0 Å². The van der Waals surface area contributed by atoms with Crippen LogP contribution in [-0.2, 0) is 11.2 Å². The maximum atomic E-state index is 12.0. The topological polar surface area (TPSA) is 93.5 Å². The number of rotatable bonds is 4. The van der Waals surface area contributed by atoms with Gasteiger partial charge in [-0.05, 0) is 53.6 Å². The van der Waals surface area contributed by atoms with Crippen LogP contribution in [0.4, 0.5) is 16.2 Å². The number of benzene rings is 2. The van der Waals surface area contributed by atoms with Gasteiger partial charge < -0.3 is 21.1 Å². The van der Waals surface area contributed by atoms with E-state index in [-0.39, 0.29) is 5.91 Å². The lowest BCUT2D eigenvalue weighted by molar-refractivity contribution is -0.111. The first-order chi connectivity index (χ1) is 11.6. The van der Waals surface area contributed by atoms with Gasteiger partial charge in [0.2, 0.25) is 5.91 Å². The third-order valence-electron chi connectivity index (χ3n) is 3.56. The van der Waals surface area contributed by atoms with Crippen molar-refractivity contribution in [3.8, 4) is 5.75 Å². The van der Waals surface area contributed by atoms with Gasteiger partial charge in [0, 0.05) is 23.9 Å². The highest BCUT2D eigenvalue weighted by Crippen LogP contribution is 2.26. The molecule has 0 aromatic heterocycles. The van der Waals surface area contributed by atoms with Gasteiger partial charge >= 0.3 is 6.03 Å². The van der Waals surface area contributed by atoms with E-state index < -0.39 is 6.03 Å². The molecule has 24 heavy (non-hydrogen) atoms. The number of nitrogens with two attached hydrogens (primary N) is 1. The van der Waals surface area contributed by atoms with Crippen molar-refractivity contribution in [3.63, 3.8) is 0 Å². The van der Waals surface area contributed by atoms with Crippen molar-refractivity contribution in [3.05, 3.63) is 59.7 Å². The zero-order chi connectivity index (χ0) is 16.9. The summed E-state index contributed by atoms with van der Waals surface area (Å²) >= 11 is 0. The molecule has 6 heteroatoms. The molecule has 6 nitrogen and oxygen atoms in total. The molecule has 0 aliphatic carbocycles. The van der Waals surface area contributed by atoms with Crippen LogP contribution in [0.25, 0.3) is 6.08 Å². The zero-order valence-corrected chi connectivity index (χ0v) is 12.9. The smallest absolute Gasteiger partial charge is 0.316 e. The van der Waals surface area contributed by atoms with Gasteiger partial charge in [-0.1, -0.05) is 6.07 Å². The van der Waals surface area contributed by atoms with Crippen LogP contribution in [0.2, 0.25) is 0 Å². The summed E-state index contributed by atoms with van der Waals surface area (Å²) in [6, 6.07) is 11.9. The molecule has 0 unspecified atom stereocenters. The van der Waals surface area contributed by atoms with Gasteiger partial charge in [-0.3, -0.25) is 4.79 Å². The molecular formula is C18H17N3O3. The molecule has 3 rings (SSSR count). The van der Waals surface area contributed by atoms with Gasteiger partial charge in [0.15, 0.2) is 0 Å². The number of fused-ring (bicyclic) bond motifs is 1. The number of ether oxygens (including phenoxy) is 1. The van der Waals surface area contributed by atoms with E-state index >= 15 is 0 Å². The van der Waals surface area contributed by atoms with Gasteiger partial charge in [-0.2, -0.15) is 0 Å². The Kier molecular flexibility index (Phi) is 4.47.